The van der Waals surface area contributed by atoms with Gasteiger partial charge in [-0.15, -0.1) is 0 Å². The van der Waals surface area contributed by atoms with Crippen LogP contribution in [0.3, 0.4) is 0 Å². The Hall–Kier alpha value is -0.460. The maximum Gasteiger partial charge on any atom is 0.153 e. The molecule has 2 rings (SSSR count). The van der Waals surface area contributed by atoms with Crippen LogP contribution in [0.15, 0.2) is 10.7 Å². The Morgan fingerprint density at radius 2 is 2.28 bits per heavy atom. The van der Waals surface area contributed by atoms with Crippen molar-refractivity contribution < 1.29 is 9.13 Å². The van der Waals surface area contributed by atoms with Crippen molar-refractivity contribution in [1.82, 2.24) is 9.78 Å². The lowest BCUT2D eigenvalue weighted by Crippen LogP contribution is -2.36. The molecule has 0 bridgehead atoms. The molecule has 1 fully saturated rings. The molecule has 1 aliphatic rings. The largest absolute Gasteiger partial charge is 0.383 e. The third kappa shape index (κ3) is 2.75. The Kier molecular flexibility index (Phi) is 4.40. The van der Waals surface area contributed by atoms with Gasteiger partial charge in [-0.05, 0) is 41.6 Å². The van der Waals surface area contributed by atoms with Crippen molar-refractivity contribution >= 4 is 15.9 Å². The third-order valence-electron chi connectivity index (χ3n) is 3.55. The summed E-state index contributed by atoms with van der Waals surface area (Å²) in [5.41, 5.74) is 5.16. The summed E-state index contributed by atoms with van der Waals surface area (Å²) in [6, 6.07) is 0.128. The highest BCUT2D eigenvalue weighted by Crippen LogP contribution is 2.43. The predicted molar refractivity (Wildman–Crippen MR) is 71.0 cm³/mol. The van der Waals surface area contributed by atoms with E-state index in [1.165, 1.54) is 0 Å². The van der Waals surface area contributed by atoms with Crippen molar-refractivity contribution in [3.05, 3.63) is 16.4 Å². The molecule has 18 heavy (non-hydrogen) atoms. The lowest BCUT2D eigenvalue weighted by Gasteiger charge is -2.33. The van der Waals surface area contributed by atoms with E-state index in [1.807, 2.05) is 0 Å². The van der Waals surface area contributed by atoms with Crippen LogP contribution in [0.2, 0.25) is 0 Å². The minimum Gasteiger partial charge on any atom is -0.383 e. The van der Waals surface area contributed by atoms with Crippen LogP contribution >= 0.6 is 15.9 Å². The average Bonchev–Trinajstić information content (AvgIpc) is 2.73. The molecule has 2 N–H and O–H groups in total. The molecular weight excluding hydrogens is 301 g/mol. The van der Waals surface area contributed by atoms with E-state index in [1.54, 1.807) is 18.0 Å². The molecule has 1 aromatic rings. The Morgan fingerprint density at radius 3 is 2.89 bits per heavy atom. The topological polar surface area (TPSA) is 53.1 Å². The summed E-state index contributed by atoms with van der Waals surface area (Å²) < 4.78 is 22.5. The number of hydrogen-bond acceptors (Lipinski definition) is 3. The molecule has 0 spiro atoms. The van der Waals surface area contributed by atoms with Crippen LogP contribution in [0.25, 0.3) is 0 Å². The first-order valence-corrected chi connectivity index (χ1v) is 7.01. The second-order valence-corrected chi connectivity index (χ2v) is 5.71. The van der Waals surface area contributed by atoms with E-state index < -0.39 is 5.67 Å². The van der Waals surface area contributed by atoms with Crippen molar-refractivity contribution in [2.75, 3.05) is 13.7 Å². The quantitative estimate of drug-likeness (QED) is 0.926. The molecule has 0 radical (unpaired) electrons. The summed E-state index contributed by atoms with van der Waals surface area (Å²) in [6.45, 7) is 1.09. The van der Waals surface area contributed by atoms with Gasteiger partial charge in [0.15, 0.2) is 5.67 Å². The number of nitrogens with zero attached hydrogens (tertiary/aromatic N) is 2. The second-order valence-electron chi connectivity index (χ2n) is 4.86. The Labute approximate surface area is 115 Å². The van der Waals surface area contributed by atoms with Crippen molar-refractivity contribution in [2.45, 2.75) is 43.9 Å². The summed E-state index contributed by atoms with van der Waals surface area (Å²) in [7, 11) is 1.63. The molecule has 0 unspecified atom stereocenters. The fourth-order valence-electron chi connectivity index (χ4n) is 2.49. The SMILES string of the molecule is COCCn1ncc(Br)c1C1(F)CCC(N)CC1. The fraction of sp³-hybridized carbons (Fsp3) is 0.750. The van der Waals surface area contributed by atoms with Crippen LogP contribution in [0.1, 0.15) is 31.4 Å². The Bertz CT molecular complexity index is 402. The second kappa shape index (κ2) is 5.67. The summed E-state index contributed by atoms with van der Waals surface area (Å²) in [6.07, 6.45) is 4.02. The number of aromatic nitrogens is 2. The highest BCUT2D eigenvalue weighted by molar-refractivity contribution is 9.10. The summed E-state index contributed by atoms with van der Waals surface area (Å²) in [5, 5.41) is 4.21. The number of nitrogens with two attached hydrogens (primary N) is 1. The molecule has 0 aromatic carbocycles. The maximum absolute atomic E-state index is 15.1. The van der Waals surface area contributed by atoms with Crippen molar-refractivity contribution in [1.29, 1.82) is 0 Å². The van der Waals surface area contributed by atoms with Gasteiger partial charge in [0.05, 0.1) is 29.5 Å². The molecule has 102 valence electrons. The van der Waals surface area contributed by atoms with Crippen molar-refractivity contribution in [2.24, 2.45) is 5.73 Å². The van der Waals surface area contributed by atoms with Crippen molar-refractivity contribution in [3.8, 4) is 0 Å². The first-order chi connectivity index (χ1) is 8.57. The van der Waals surface area contributed by atoms with E-state index in [4.69, 9.17) is 10.5 Å². The molecule has 1 aromatic heterocycles. The number of methoxy groups -OCH3 is 1. The number of alkyl halides is 1. The summed E-state index contributed by atoms with van der Waals surface area (Å²) in [4.78, 5) is 0. The van der Waals surface area contributed by atoms with E-state index in [0.29, 0.717) is 31.7 Å². The van der Waals surface area contributed by atoms with Crippen LogP contribution < -0.4 is 5.73 Å². The molecule has 0 atom stereocenters. The van der Waals surface area contributed by atoms with Crippen molar-refractivity contribution in [3.63, 3.8) is 0 Å². The molecule has 6 heteroatoms. The van der Waals surface area contributed by atoms with Crippen LogP contribution in [0.5, 0.6) is 0 Å². The van der Waals surface area contributed by atoms with Gasteiger partial charge in [0.25, 0.3) is 0 Å². The maximum atomic E-state index is 15.1. The van der Waals surface area contributed by atoms with Gasteiger partial charge in [-0.2, -0.15) is 5.10 Å². The minimum absolute atomic E-state index is 0.128. The van der Waals surface area contributed by atoms with Gasteiger partial charge in [0.1, 0.15) is 0 Å². The summed E-state index contributed by atoms with van der Waals surface area (Å²) >= 11 is 3.40. The minimum atomic E-state index is -1.32. The number of halogens is 2. The molecule has 0 aliphatic heterocycles. The summed E-state index contributed by atoms with van der Waals surface area (Å²) in [5.74, 6) is 0. The van der Waals surface area contributed by atoms with Gasteiger partial charge in [0, 0.05) is 13.2 Å². The fourth-order valence-corrected chi connectivity index (χ4v) is 3.14. The molecular formula is C12H19BrFN3O. The molecule has 1 saturated carbocycles. The lowest BCUT2D eigenvalue weighted by molar-refractivity contribution is 0.0830. The van der Waals surface area contributed by atoms with Gasteiger partial charge in [-0.25, -0.2) is 4.39 Å². The molecule has 4 nitrogen and oxygen atoms in total. The predicted octanol–water partition coefficient (Wildman–Crippen LogP) is 2.36. The van der Waals surface area contributed by atoms with Crippen LogP contribution in [0, 0.1) is 0 Å². The zero-order valence-corrected chi connectivity index (χ0v) is 12.1. The normalized spacial score (nSPS) is 28.6. The third-order valence-corrected chi connectivity index (χ3v) is 4.13. The zero-order chi connectivity index (χ0) is 13.2. The number of rotatable bonds is 4. The Balaban J connectivity index is 2.23. The van der Waals surface area contributed by atoms with E-state index in [0.717, 1.165) is 17.3 Å². The zero-order valence-electron chi connectivity index (χ0n) is 10.5. The average molecular weight is 320 g/mol. The standard InChI is InChI=1S/C12H19BrFN3O/c1-18-7-6-17-11(10(13)8-16-17)12(14)4-2-9(15)3-5-12/h8-9H,2-7,15H2,1H3. The van der Waals surface area contributed by atoms with Gasteiger partial charge in [-0.3, -0.25) is 4.68 Å². The van der Waals surface area contributed by atoms with Gasteiger partial charge < -0.3 is 10.5 Å². The molecule has 1 heterocycles. The molecule has 0 saturated heterocycles. The Morgan fingerprint density at radius 1 is 1.61 bits per heavy atom. The van der Waals surface area contributed by atoms with Gasteiger partial charge in [0.2, 0.25) is 0 Å². The first-order valence-electron chi connectivity index (χ1n) is 6.22. The molecule has 1 aliphatic carbocycles. The number of ether oxygens (including phenoxy) is 1. The van der Waals surface area contributed by atoms with Crippen LogP contribution in [-0.2, 0) is 17.0 Å². The smallest absolute Gasteiger partial charge is 0.153 e. The van der Waals surface area contributed by atoms with Crippen LogP contribution in [0.4, 0.5) is 4.39 Å². The lowest BCUT2D eigenvalue weighted by atomic mass is 9.82. The monoisotopic (exact) mass is 319 g/mol. The first kappa shape index (κ1) is 14.0. The van der Waals surface area contributed by atoms with Gasteiger partial charge in [-0.1, -0.05) is 0 Å². The highest BCUT2D eigenvalue weighted by atomic mass is 79.9. The van der Waals surface area contributed by atoms with E-state index in [2.05, 4.69) is 21.0 Å². The highest BCUT2D eigenvalue weighted by Gasteiger charge is 2.40. The number of hydrogen-bond donors (Lipinski definition) is 1. The van der Waals surface area contributed by atoms with Gasteiger partial charge >= 0.3 is 0 Å². The van der Waals surface area contributed by atoms with E-state index >= 15 is 4.39 Å². The van der Waals surface area contributed by atoms with E-state index in [9.17, 15) is 0 Å². The van der Waals surface area contributed by atoms with Crippen LogP contribution in [-0.4, -0.2) is 29.5 Å². The molecule has 0 amide bonds. The van der Waals surface area contributed by atoms with E-state index in [-0.39, 0.29) is 6.04 Å².